The van der Waals surface area contributed by atoms with Crippen molar-refractivity contribution in [2.45, 2.75) is 39.7 Å². The number of rotatable bonds is 8. The summed E-state index contributed by atoms with van der Waals surface area (Å²) in [7, 11) is 0. The summed E-state index contributed by atoms with van der Waals surface area (Å²) in [5, 5.41) is 0. The van der Waals surface area contributed by atoms with Crippen molar-refractivity contribution in [1.82, 2.24) is 0 Å². The van der Waals surface area contributed by atoms with Crippen molar-refractivity contribution < 1.29 is 18.3 Å². The van der Waals surface area contributed by atoms with Crippen LogP contribution in [0.2, 0.25) is 0 Å². The van der Waals surface area contributed by atoms with Gasteiger partial charge in [-0.15, -0.1) is 0 Å². The summed E-state index contributed by atoms with van der Waals surface area (Å²) in [4.78, 5) is 0. The van der Waals surface area contributed by atoms with Crippen molar-refractivity contribution in [3.8, 4) is 23.3 Å². The third-order valence-electron chi connectivity index (χ3n) is 4.78. The van der Waals surface area contributed by atoms with E-state index in [9.17, 15) is 8.78 Å². The first-order valence-electron chi connectivity index (χ1n) is 10.5. The van der Waals surface area contributed by atoms with Crippen LogP contribution in [0.3, 0.4) is 0 Å². The zero-order chi connectivity index (χ0) is 22.1. The molecule has 0 unspecified atom stereocenters. The van der Waals surface area contributed by atoms with Gasteiger partial charge in [0.05, 0.1) is 6.61 Å². The van der Waals surface area contributed by atoms with Crippen LogP contribution in [0.4, 0.5) is 8.78 Å². The number of unbranched alkanes of at least 4 members (excludes halogenated alkanes) is 1. The Bertz CT molecular complexity index is 1050. The summed E-state index contributed by atoms with van der Waals surface area (Å²) in [6.07, 6.45) is 3.48. The van der Waals surface area contributed by atoms with Gasteiger partial charge in [-0.3, -0.25) is 0 Å². The minimum absolute atomic E-state index is 0.120. The van der Waals surface area contributed by atoms with Crippen LogP contribution in [0.15, 0.2) is 60.7 Å². The lowest BCUT2D eigenvalue weighted by Crippen LogP contribution is -2.02. The van der Waals surface area contributed by atoms with Crippen molar-refractivity contribution in [3.05, 3.63) is 94.6 Å². The molecule has 0 saturated carbocycles. The van der Waals surface area contributed by atoms with E-state index in [1.807, 2.05) is 36.4 Å². The smallest absolute Gasteiger partial charge is 0.204 e. The van der Waals surface area contributed by atoms with E-state index in [1.165, 1.54) is 30.5 Å². The monoisotopic (exact) mass is 420 g/mol. The second-order valence-electron chi connectivity index (χ2n) is 7.16. The van der Waals surface area contributed by atoms with Crippen LogP contribution in [0, 0.1) is 23.5 Å². The molecule has 0 bridgehead atoms. The molecule has 0 spiro atoms. The first-order valence-corrected chi connectivity index (χ1v) is 10.5. The SMILES string of the molecule is CCCCc1ccc(C#Cc2ccc(COc3ccc(OCC)c(F)c3F)cc2)cc1. The van der Waals surface area contributed by atoms with E-state index in [4.69, 9.17) is 9.47 Å². The van der Waals surface area contributed by atoms with Crippen molar-refractivity contribution in [2.24, 2.45) is 0 Å². The van der Waals surface area contributed by atoms with E-state index in [-0.39, 0.29) is 24.7 Å². The van der Waals surface area contributed by atoms with Crippen LogP contribution in [-0.4, -0.2) is 6.61 Å². The van der Waals surface area contributed by atoms with Gasteiger partial charge in [0.15, 0.2) is 11.5 Å². The van der Waals surface area contributed by atoms with Crippen LogP contribution in [0.1, 0.15) is 48.9 Å². The van der Waals surface area contributed by atoms with Crippen LogP contribution >= 0.6 is 0 Å². The van der Waals surface area contributed by atoms with Crippen molar-refractivity contribution in [3.63, 3.8) is 0 Å². The van der Waals surface area contributed by atoms with Crippen LogP contribution in [-0.2, 0) is 13.0 Å². The first kappa shape index (κ1) is 22.4. The van der Waals surface area contributed by atoms with Gasteiger partial charge in [-0.2, -0.15) is 8.78 Å². The van der Waals surface area contributed by atoms with E-state index in [2.05, 4.69) is 30.9 Å². The highest BCUT2D eigenvalue weighted by molar-refractivity contribution is 5.44. The predicted octanol–water partition coefficient (Wildman–Crippen LogP) is 6.68. The van der Waals surface area contributed by atoms with Gasteiger partial charge in [0, 0.05) is 11.1 Å². The summed E-state index contributed by atoms with van der Waals surface area (Å²) in [6, 6.07) is 18.6. The zero-order valence-electron chi connectivity index (χ0n) is 17.9. The van der Waals surface area contributed by atoms with Gasteiger partial charge in [0.2, 0.25) is 11.6 Å². The molecule has 0 aliphatic rings. The van der Waals surface area contributed by atoms with Gasteiger partial charge >= 0.3 is 0 Å². The lowest BCUT2D eigenvalue weighted by molar-refractivity contribution is 0.274. The van der Waals surface area contributed by atoms with Crippen molar-refractivity contribution in [2.75, 3.05) is 6.61 Å². The maximum atomic E-state index is 14.1. The molecule has 0 aliphatic carbocycles. The number of benzene rings is 3. The summed E-state index contributed by atoms with van der Waals surface area (Å²) in [5.74, 6) is 3.96. The highest BCUT2D eigenvalue weighted by atomic mass is 19.2. The average molecular weight is 420 g/mol. The first-order chi connectivity index (χ1) is 15.1. The van der Waals surface area contributed by atoms with E-state index in [0.717, 1.165) is 23.1 Å². The van der Waals surface area contributed by atoms with Gasteiger partial charge in [0.25, 0.3) is 0 Å². The molecule has 3 rings (SSSR count). The summed E-state index contributed by atoms with van der Waals surface area (Å²) >= 11 is 0. The minimum atomic E-state index is -1.05. The molecule has 3 aromatic rings. The molecule has 31 heavy (non-hydrogen) atoms. The second kappa shape index (κ2) is 11.2. The predicted molar refractivity (Wildman–Crippen MR) is 119 cm³/mol. The molecular weight excluding hydrogens is 394 g/mol. The number of hydrogen-bond acceptors (Lipinski definition) is 2. The minimum Gasteiger partial charge on any atom is -0.491 e. The standard InChI is InChI=1S/C27H26F2O2/c1-3-5-6-20-7-9-21(10-8-20)11-12-22-13-15-23(16-14-22)19-31-25-18-17-24(30-4-2)26(28)27(25)29/h7-10,13-18H,3-6,19H2,1-2H3. The lowest BCUT2D eigenvalue weighted by Gasteiger charge is -2.10. The second-order valence-corrected chi connectivity index (χ2v) is 7.16. The van der Waals surface area contributed by atoms with Gasteiger partial charge in [-0.05, 0) is 67.3 Å². The summed E-state index contributed by atoms with van der Waals surface area (Å²) < 4.78 is 38.5. The highest BCUT2D eigenvalue weighted by Gasteiger charge is 2.15. The Morgan fingerprint density at radius 2 is 1.19 bits per heavy atom. The Balaban J connectivity index is 1.59. The number of hydrogen-bond donors (Lipinski definition) is 0. The molecule has 0 amide bonds. The Kier molecular flexibility index (Phi) is 8.06. The number of ether oxygens (including phenoxy) is 2. The fourth-order valence-electron chi connectivity index (χ4n) is 3.02. The Hall–Kier alpha value is -3.32. The van der Waals surface area contributed by atoms with Crippen molar-refractivity contribution >= 4 is 0 Å². The maximum absolute atomic E-state index is 14.1. The van der Waals surface area contributed by atoms with Gasteiger partial charge in [0.1, 0.15) is 6.61 Å². The molecule has 0 N–H and O–H groups in total. The van der Waals surface area contributed by atoms with Crippen LogP contribution in [0.5, 0.6) is 11.5 Å². The highest BCUT2D eigenvalue weighted by Crippen LogP contribution is 2.28. The molecule has 0 heterocycles. The van der Waals surface area contributed by atoms with E-state index >= 15 is 0 Å². The topological polar surface area (TPSA) is 18.5 Å². The van der Waals surface area contributed by atoms with Gasteiger partial charge in [-0.1, -0.05) is 49.5 Å². The number of aryl methyl sites for hydroxylation is 1. The molecule has 0 saturated heterocycles. The summed E-state index contributed by atoms with van der Waals surface area (Å²) in [5.41, 5.74) is 4.01. The average Bonchev–Trinajstić information content (AvgIpc) is 2.80. The van der Waals surface area contributed by atoms with Gasteiger partial charge < -0.3 is 9.47 Å². The molecular formula is C27H26F2O2. The van der Waals surface area contributed by atoms with Crippen LogP contribution in [0.25, 0.3) is 0 Å². The fourth-order valence-corrected chi connectivity index (χ4v) is 3.02. The third kappa shape index (κ3) is 6.33. The molecule has 2 nitrogen and oxygen atoms in total. The Labute approximate surface area is 182 Å². The fraction of sp³-hybridized carbons (Fsp3) is 0.259. The molecule has 3 aromatic carbocycles. The van der Waals surface area contributed by atoms with Crippen LogP contribution < -0.4 is 9.47 Å². The van der Waals surface area contributed by atoms with Gasteiger partial charge in [-0.25, -0.2) is 0 Å². The molecule has 0 atom stereocenters. The molecule has 0 aliphatic heterocycles. The molecule has 0 fully saturated rings. The normalized spacial score (nSPS) is 10.3. The quantitative estimate of drug-likeness (QED) is 0.378. The van der Waals surface area contributed by atoms with E-state index < -0.39 is 11.6 Å². The molecule has 0 aromatic heterocycles. The molecule has 160 valence electrons. The zero-order valence-corrected chi connectivity index (χ0v) is 17.9. The molecule has 0 radical (unpaired) electrons. The Morgan fingerprint density at radius 1 is 0.677 bits per heavy atom. The Morgan fingerprint density at radius 3 is 1.71 bits per heavy atom. The lowest BCUT2D eigenvalue weighted by atomic mass is 10.1. The van der Waals surface area contributed by atoms with E-state index in [1.54, 1.807) is 6.92 Å². The van der Waals surface area contributed by atoms with Crippen molar-refractivity contribution in [1.29, 1.82) is 0 Å². The largest absolute Gasteiger partial charge is 0.491 e. The molecule has 4 heteroatoms. The van der Waals surface area contributed by atoms with E-state index in [0.29, 0.717) is 0 Å². The maximum Gasteiger partial charge on any atom is 0.204 e. The number of halogens is 2. The third-order valence-corrected chi connectivity index (χ3v) is 4.78. The summed E-state index contributed by atoms with van der Waals surface area (Å²) in [6.45, 7) is 4.28.